The minimum atomic E-state index is 0.0198. The number of hydrogen-bond donors (Lipinski definition) is 2. The normalized spacial score (nSPS) is 25.5. The first-order valence-corrected chi connectivity index (χ1v) is 7.54. The van der Waals surface area contributed by atoms with Gasteiger partial charge in [-0.2, -0.15) is 0 Å². The number of rotatable bonds is 5. The Hall–Kier alpha value is -0.770. The van der Waals surface area contributed by atoms with Gasteiger partial charge in [-0.05, 0) is 52.0 Å². The van der Waals surface area contributed by atoms with Crippen LogP contribution >= 0.6 is 0 Å². The third kappa shape index (κ3) is 4.16. The van der Waals surface area contributed by atoms with Gasteiger partial charge in [0.15, 0.2) is 0 Å². The van der Waals surface area contributed by atoms with Crippen molar-refractivity contribution >= 4 is 6.03 Å². The molecule has 1 heterocycles. The number of carbonyl (C=O) groups is 1. The molecule has 1 unspecified atom stereocenters. The SMILES string of the molecule is CC1CCCCN1CCCNC(=O)NC1CCC1. The van der Waals surface area contributed by atoms with Gasteiger partial charge in [0, 0.05) is 25.2 Å². The van der Waals surface area contributed by atoms with Gasteiger partial charge in [-0.15, -0.1) is 0 Å². The highest BCUT2D eigenvalue weighted by molar-refractivity contribution is 5.74. The summed E-state index contributed by atoms with van der Waals surface area (Å²) in [5.41, 5.74) is 0. The van der Waals surface area contributed by atoms with Crippen molar-refractivity contribution in [3.8, 4) is 0 Å². The number of likely N-dealkylation sites (tertiary alicyclic amines) is 1. The van der Waals surface area contributed by atoms with Crippen molar-refractivity contribution in [2.75, 3.05) is 19.6 Å². The molecule has 2 fully saturated rings. The quantitative estimate of drug-likeness (QED) is 0.737. The molecular formula is C14H27N3O. The van der Waals surface area contributed by atoms with Crippen LogP contribution in [0.25, 0.3) is 0 Å². The van der Waals surface area contributed by atoms with E-state index >= 15 is 0 Å². The van der Waals surface area contributed by atoms with E-state index in [0.29, 0.717) is 6.04 Å². The van der Waals surface area contributed by atoms with E-state index in [1.807, 2.05) is 0 Å². The molecule has 2 N–H and O–H groups in total. The Morgan fingerprint density at radius 1 is 1.22 bits per heavy atom. The van der Waals surface area contributed by atoms with Crippen LogP contribution in [-0.4, -0.2) is 42.6 Å². The number of piperidine rings is 1. The van der Waals surface area contributed by atoms with E-state index in [0.717, 1.165) is 38.4 Å². The van der Waals surface area contributed by atoms with Gasteiger partial charge in [-0.1, -0.05) is 6.42 Å². The standard InChI is InChI=1S/C14H27N3O/c1-12-6-2-3-10-17(12)11-5-9-15-14(18)16-13-7-4-8-13/h12-13H,2-11H2,1H3,(H2,15,16,18). The van der Waals surface area contributed by atoms with Crippen molar-refractivity contribution in [3.05, 3.63) is 0 Å². The van der Waals surface area contributed by atoms with E-state index in [2.05, 4.69) is 22.5 Å². The monoisotopic (exact) mass is 253 g/mol. The predicted octanol–water partition coefficient (Wildman–Crippen LogP) is 2.10. The largest absolute Gasteiger partial charge is 0.338 e. The van der Waals surface area contributed by atoms with Crippen molar-refractivity contribution in [1.82, 2.24) is 15.5 Å². The van der Waals surface area contributed by atoms with Crippen molar-refractivity contribution in [3.63, 3.8) is 0 Å². The zero-order valence-electron chi connectivity index (χ0n) is 11.6. The summed E-state index contributed by atoms with van der Waals surface area (Å²) in [5.74, 6) is 0. The molecule has 104 valence electrons. The number of urea groups is 1. The van der Waals surface area contributed by atoms with E-state index in [4.69, 9.17) is 0 Å². The Labute approximate surface area is 110 Å². The zero-order chi connectivity index (χ0) is 12.8. The van der Waals surface area contributed by atoms with Crippen LogP contribution in [0.5, 0.6) is 0 Å². The molecule has 2 aliphatic rings. The van der Waals surface area contributed by atoms with Gasteiger partial charge in [0.1, 0.15) is 0 Å². The van der Waals surface area contributed by atoms with Crippen molar-refractivity contribution < 1.29 is 4.79 Å². The molecule has 4 heteroatoms. The Kier molecular flexibility index (Phi) is 5.29. The van der Waals surface area contributed by atoms with Crippen LogP contribution in [0, 0.1) is 0 Å². The van der Waals surface area contributed by atoms with E-state index in [1.165, 1.54) is 32.2 Å². The van der Waals surface area contributed by atoms with Gasteiger partial charge in [0.25, 0.3) is 0 Å². The Bertz CT molecular complexity index is 266. The second-order valence-electron chi connectivity index (χ2n) is 5.76. The van der Waals surface area contributed by atoms with Crippen LogP contribution in [0.4, 0.5) is 4.79 Å². The topological polar surface area (TPSA) is 44.4 Å². The first-order valence-electron chi connectivity index (χ1n) is 7.54. The molecule has 1 aliphatic carbocycles. The lowest BCUT2D eigenvalue weighted by Crippen LogP contribution is -2.46. The first kappa shape index (κ1) is 13.7. The summed E-state index contributed by atoms with van der Waals surface area (Å²) in [4.78, 5) is 14.1. The smallest absolute Gasteiger partial charge is 0.315 e. The molecule has 1 saturated carbocycles. The fourth-order valence-electron chi connectivity index (χ4n) is 2.76. The fraction of sp³-hybridized carbons (Fsp3) is 0.929. The van der Waals surface area contributed by atoms with Gasteiger partial charge >= 0.3 is 6.03 Å². The number of carbonyl (C=O) groups excluding carboxylic acids is 1. The highest BCUT2D eigenvalue weighted by atomic mass is 16.2. The van der Waals surface area contributed by atoms with E-state index in [9.17, 15) is 4.79 Å². The van der Waals surface area contributed by atoms with Gasteiger partial charge in [-0.25, -0.2) is 4.79 Å². The van der Waals surface area contributed by atoms with Gasteiger partial charge in [-0.3, -0.25) is 0 Å². The number of amides is 2. The van der Waals surface area contributed by atoms with Crippen LogP contribution < -0.4 is 10.6 Å². The summed E-state index contributed by atoms with van der Waals surface area (Å²) in [6.45, 7) is 5.46. The maximum absolute atomic E-state index is 11.5. The van der Waals surface area contributed by atoms with E-state index in [1.54, 1.807) is 0 Å². The molecule has 4 nitrogen and oxygen atoms in total. The molecule has 0 aromatic carbocycles. The average molecular weight is 253 g/mol. The molecule has 1 aliphatic heterocycles. The van der Waals surface area contributed by atoms with Gasteiger partial charge in [0.05, 0.1) is 0 Å². The summed E-state index contributed by atoms with van der Waals surface area (Å²) >= 11 is 0. The molecule has 1 saturated heterocycles. The van der Waals surface area contributed by atoms with E-state index < -0.39 is 0 Å². The number of nitrogens with one attached hydrogen (secondary N) is 2. The third-order valence-corrected chi connectivity index (χ3v) is 4.29. The zero-order valence-corrected chi connectivity index (χ0v) is 11.6. The van der Waals surface area contributed by atoms with E-state index in [-0.39, 0.29) is 6.03 Å². The molecule has 0 aromatic rings. The molecule has 0 spiro atoms. The molecular weight excluding hydrogens is 226 g/mol. The van der Waals surface area contributed by atoms with Crippen LogP contribution in [0.1, 0.15) is 51.9 Å². The molecule has 0 bridgehead atoms. The molecule has 1 atom stereocenters. The average Bonchev–Trinajstić information content (AvgIpc) is 2.31. The molecule has 0 radical (unpaired) electrons. The number of nitrogens with zero attached hydrogens (tertiary/aromatic N) is 1. The Morgan fingerprint density at radius 3 is 2.72 bits per heavy atom. The Morgan fingerprint density at radius 2 is 2.06 bits per heavy atom. The van der Waals surface area contributed by atoms with Crippen LogP contribution in [0.3, 0.4) is 0 Å². The van der Waals surface area contributed by atoms with Gasteiger partial charge < -0.3 is 15.5 Å². The predicted molar refractivity (Wildman–Crippen MR) is 73.7 cm³/mol. The summed E-state index contributed by atoms with van der Waals surface area (Å²) in [5, 5.41) is 5.96. The maximum atomic E-state index is 11.5. The lowest BCUT2D eigenvalue weighted by molar-refractivity contribution is 0.159. The molecule has 2 amide bonds. The maximum Gasteiger partial charge on any atom is 0.315 e. The highest BCUT2D eigenvalue weighted by Crippen LogP contribution is 2.17. The van der Waals surface area contributed by atoms with Crippen LogP contribution in [0.15, 0.2) is 0 Å². The lowest BCUT2D eigenvalue weighted by atomic mass is 9.93. The van der Waals surface area contributed by atoms with Crippen molar-refractivity contribution in [2.45, 2.75) is 64.0 Å². The first-order chi connectivity index (χ1) is 8.75. The van der Waals surface area contributed by atoms with Crippen LogP contribution in [-0.2, 0) is 0 Å². The second kappa shape index (κ2) is 6.98. The summed E-state index contributed by atoms with van der Waals surface area (Å²) in [6, 6.07) is 1.18. The second-order valence-corrected chi connectivity index (χ2v) is 5.76. The number of hydrogen-bond acceptors (Lipinski definition) is 2. The van der Waals surface area contributed by atoms with Crippen LogP contribution in [0.2, 0.25) is 0 Å². The lowest BCUT2D eigenvalue weighted by Gasteiger charge is -2.33. The highest BCUT2D eigenvalue weighted by Gasteiger charge is 2.19. The minimum Gasteiger partial charge on any atom is -0.338 e. The summed E-state index contributed by atoms with van der Waals surface area (Å²) < 4.78 is 0. The minimum absolute atomic E-state index is 0.0198. The van der Waals surface area contributed by atoms with Crippen molar-refractivity contribution in [1.29, 1.82) is 0 Å². The summed E-state index contributed by atoms with van der Waals surface area (Å²) in [6.07, 6.45) is 8.66. The molecule has 18 heavy (non-hydrogen) atoms. The summed E-state index contributed by atoms with van der Waals surface area (Å²) in [7, 11) is 0. The molecule has 2 rings (SSSR count). The van der Waals surface area contributed by atoms with Gasteiger partial charge in [0.2, 0.25) is 0 Å². The Balaban J connectivity index is 1.50. The third-order valence-electron chi connectivity index (χ3n) is 4.29. The molecule has 0 aromatic heterocycles. The fourth-order valence-corrected chi connectivity index (χ4v) is 2.76. The van der Waals surface area contributed by atoms with Crippen molar-refractivity contribution in [2.24, 2.45) is 0 Å².